The van der Waals surface area contributed by atoms with Crippen LogP contribution in [-0.2, 0) is 11.3 Å². The highest BCUT2D eigenvalue weighted by Crippen LogP contribution is 2.24. The molecule has 106 valence electrons. The maximum atomic E-state index is 10.5. The molecule has 0 saturated carbocycles. The number of aliphatic carboxylic acids is 1. The van der Waals surface area contributed by atoms with Gasteiger partial charge in [0.15, 0.2) is 0 Å². The molecule has 0 spiro atoms. The van der Waals surface area contributed by atoms with Crippen LogP contribution in [0.15, 0.2) is 18.2 Å². The van der Waals surface area contributed by atoms with Crippen molar-refractivity contribution in [2.75, 3.05) is 14.2 Å². The fraction of sp³-hybridized carbons (Fsp3) is 0.500. The number of carboxylic acids is 1. The van der Waals surface area contributed by atoms with E-state index in [-0.39, 0.29) is 12.5 Å². The molecule has 1 aromatic carbocycles. The van der Waals surface area contributed by atoms with Crippen molar-refractivity contribution in [1.82, 2.24) is 5.32 Å². The minimum absolute atomic E-state index is 0.142. The lowest BCUT2D eigenvalue weighted by molar-refractivity contribution is -0.137. The Kier molecular flexibility index (Phi) is 6.15. The molecule has 0 amide bonds. The second kappa shape index (κ2) is 7.63. The lowest BCUT2D eigenvalue weighted by atomic mass is 10.1. The predicted octanol–water partition coefficient (Wildman–Crippen LogP) is 2.05. The zero-order valence-corrected chi connectivity index (χ0v) is 11.6. The van der Waals surface area contributed by atoms with Crippen LogP contribution in [-0.4, -0.2) is 31.3 Å². The van der Waals surface area contributed by atoms with Crippen molar-refractivity contribution in [2.24, 2.45) is 0 Å². The summed E-state index contributed by atoms with van der Waals surface area (Å²) < 4.78 is 10.4. The van der Waals surface area contributed by atoms with Gasteiger partial charge in [0.2, 0.25) is 0 Å². The molecular formula is C14H21NO4. The first-order valence-electron chi connectivity index (χ1n) is 6.23. The summed E-state index contributed by atoms with van der Waals surface area (Å²) in [5, 5.41) is 11.9. The Morgan fingerprint density at radius 2 is 2.11 bits per heavy atom. The van der Waals surface area contributed by atoms with Crippen molar-refractivity contribution in [2.45, 2.75) is 32.4 Å². The van der Waals surface area contributed by atoms with Gasteiger partial charge in [0.25, 0.3) is 0 Å². The first-order valence-corrected chi connectivity index (χ1v) is 6.23. The van der Waals surface area contributed by atoms with Crippen LogP contribution in [0.3, 0.4) is 0 Å². The molecule has 5 nitrogen and oxygen atoms in total. The first kappa shape index (κ1) is 15.3. The zero-order valence-electron chi connectivity index (χ0n) is 11.6. The lowest BCUT2D eigenvalue weighted by Gasteiger charge is -2.15. The molecule has 19 heavy (non-hydrogen) atoms. The van der Waals surface area contributed by atoms with E-state index in [9.17, 15) is 4.79 Å². The first-order chi connectivity index (χ1) is 9.06. The van der Waals surface area contributed by atoms with Crippen LogP contribution in [0.5, 0.6) is 11.5 Å². The molecule has 0 aliphatic carbocycles. The van der Waals surface area contributed by atoms with E-state index in [4.69, 9.17) is 14.6 Å². The van der Waals surface area contributed by atoms with Gasteiger partial charge in [0.05, 0.1) is 14.2 Å². The lowest BCUT2D eigenvalue weighted by Crippen LogP contribution is -2.26. The van der Waals surface area contributed by atoms with Gasteiger partial charge in [-0.25, -0.2) is 0 Å². The third-order valence-corrected chi connectivity index (χ3v) is 2.93. The van der Waals surface area contributed by atoms with Gasteiger partial charge in [-0.2, -0.15) is 0 Å². The molecule has 2 N–H and O–H groups in total. The topological polar surface area (TPSA) is 67.8 Å². The van der Waals surface area contributed by atoms with E-state index >= 15 is 0 Å². The molecule has 0 aliphatic rings. The highest BCUT2D eigenvalue weighted by molar-refractivity contribution is 5.66. The number of benzene rings is 1. The summed E-state index contributed by atoms with van der Waals surface area (Å²) in [6, 6.07) is 5.79. The van der Waals surface area contributed by atoms with E-state index in [0.29, 0.717) is 13.0 Å². The molecule has 1 atom stereocenters. The maximum Gasteiger partial charge on any atom is 0.303 e. The van der Waals surface area contributed by atoms with Gasteiger partial charge >= 0.3 is 5.97 Å². The Labute approximate surface area is 113 Å². The molecule has 0 fully saturated rings. The predicted molar refractivity (Wildman–Crippen MR) is 72.7 cm³/mol. The third-order valence-electron chi connectivity index (χ3n) is 2.93. The third kappa shape index (κ3) is 5.18. The molecule has 0 aliphatic heterocycles. The van der Waals surface area contributed by atoms with Crippen LogP contribution in [0.4, 0.5) is 0 Å². The molecule has 0 bridgehead atoms. The molecule has 0 aromatic heterocycles. The Bertz CT molecular complexity index is 420. The molecule has 0 radical (unpaired) electrons. The van der Waals surface area contributed by atoms with Crippen LogP contribution < -0.4 is 14.8 Å². The minimum Gasteiger partial charge on any atom is -0.497 e. The molecule has 1 unspecified atom stereocenters. The van der Waals surface area contributed by atoms with Gasteiger partial charge in [-0.15, -0.1) is 0 Å². The highest BCUT2D eigenvalue weighted by Gasteiger charge is 2.08. The quantitative estimate of drug-likeness (QED) is 0.754. The van der Waals surface area contributed by atoms with Gasteiger partial charge in [-0.1, -0.05) is 6.07 Å². The number of ether oxygens (including phenoxy) is 2. The van der Waals surface area contributed by atoms with Crippen molar-refractivity contribution < 1.29 is 19.4 Å². The fourth-order valence-corrected chi connectivity index (χ4v) is 1.72. The van der Waals surface area contributed by atoms with Crippen molar-refractivity contribution in [3.63, 3.8) is 0 Å². The van der Waals surface area contributed by atoms with Gasteiger partial charge in [0, 0.05) is 30.6 Å². The molecule has 5 heteroatoms. The Balaban J connectivity index is 2.54. The number of rotatable bonds is 8. The van der Waals surface area contributed by atoms with Gasteiger partial charge in [0.1, 0.15) is 11.5 Å². The Morgan fingerprint density at radius 1 is 1.37 bits per heavy atom. The van der Waals surface area contributed by atoms with E-state index in [2.05, 4.69) is 5.32 Å². The average Bonchev–Trinajstić information content (AvgIpc) is 2.42. The Hall–Kier alpha value is -1.75. The SMILES string of the molecule is COc1ccc(CNC(C)CCC(=O)O)c(OC)c1. The average molecular weight is 267 g/mol. The standard InChI is InChI=1S/C14H21NO4/c1-10(4-7-14(16)17)15-9-11-5-6-12(18-2)8-13(11)19-3/h5-6,8,10,15H,4,7,9H2,1-3H3,(H,16,17). The summed E-state index contributed by atoms with van der Waals surface area (Å²) in [6.07, 6.45) is 0.779. The second-order valence-electron chi connectivity index (χ2n) is 4.39. The summed E-state index contributed by atoms with van der Waals surface area (Å²) in [5.41, 5.74) is 1.02. The number of nitrogens with one attached hydrogen (secondary N) is 1. The summed E-state index contributed by atoms with van der Waals surface area (Å²) >= 11 is 0. The van der Waals surface area contributed by atoms with E-state index < -0.39 is 5.97 Å². The number of hydrogen-bond donors (Lipinski definition) is 2. The van der Waals surface area contributed by atoms with Crippen LogP contribution >= 0.6 is 0 Å². The minimum atomic E-state index is -0.768. The molecule has 1 aromatic rings. The van der Waals surface area contributed by atoms with E-state index in [1.165, 1.54) is 0 Å². The van der Waals surface area contributed by atoms with Crippen LogP contribution in [0.2, 0.25) is 0 Å². The summed E-state index contributed by atoms with van der Waals surface area (Å²) in [5.74, 6) is 0.743. The van der Waals surface area contributed by atoms with Crippen LogP contribution in [0.1, 0.15) is 25.3 Å². The van der Waals surface area contributed by atoms with E-state index in [1.807, 2.05) is 25.1 Å². The number of methoxy groups -OCH3 is 2. The monoisotopic (exact) mass is 267 g/mol. The van der Waals surface area contributed by atoms with Crippen molar-refractivity contribution in [3.05, 3.63) is 23.8 Å². The Morgan fingerprint density at radius 3 is 2.68 bits per heavy atom. The maximum absolute atomic E-state index is 10.5. The van der Waals surface area contributed by atoms with Crippen LogP contribution in [0.25, 0.3) is 0 Å². The molecule has 0 heterocycles. The fourth-order valence-electron chi connectivity index (χ4n) is 1.72. The summed E-state index contributed by atoms with van der Waals surface area (Å²) in [7, 11) is 3.23. The normalized spacial score (nSPS) is 11.9. The van der Waals surface area contributed by atoms with Crippen molar-refractivity contribution in [1.29, 1.82) is 0 Å². The van der Waals surface area contributed by atoms with E-state index in [1.54, 1.807) is 14.2 Å². The summed E-state index contributed by atoms with van der Waals surface area (Å²) in [4.78, 5) is 10.5. The largest absolute Gasteiger partial charge is 0.497 e. The van der Waals surface area contributed by atoms with Crippen molar-refractivity contribution in [3.8, 4) is 11.5 Å². The van der Waals surface area contributed by atoms with Gasteiger partial charge < -0.3 is 19.9 Å². The smallest absolute Gasteiger partial charge is 0.303 e. The molecule has 0 saturated heterocycles. The number of carboxylic acid groups (broad SMARTS) is 1. The molecular weight excluding hydrogens is 246 g/mol. The van der Waals surface area contributed by atoms with Gasteiger partial charge in [-0.05, 0) is 19.4 Å². The van der Waals surface area contributed by atoms with E-state index in [0.717, 1.165) is 17.1 Å². The van der Waals surface area contributed by atoms with Crippen LogP contribution in [0, 0.1) is 0 Å². The highest BCUT2D eigenvalue weighted by atomic mass is 16.5. The second-order valence-corrected chi connectivity index (χ2v) is 4.39. The van der Waals surface area contributed by atoms with Gasteiger partial charge in [-0.3, -0.25) is 4.79 Å². The number of hydrogen-bond acceptors (Lipinski definition) is 4. The zero-order chi connectivity index (χ0) is 14.3. The van der Waals surface area contributed by atoms with Crippen molar-refractivity contribution >= 4 is 5.97 Å². The number of carbonyl (C=O) groups is 1. The summed E-state index contributed by atoms with van der Waals surface area (Å²) in [6.45, 7) is 2.60. The molecule has 1 rings (SSSR count).